The lowest BCUT2D eigenvalue weighted by molar-refractivity contribution is -0.140. The Bertz CT molecular complexity index is 728. The fourth-order valence-electron chi connectivity index (χ4n) is 4.61. The normalized spacial score (nSPS) is 28.9. The molecule has 0 spiro atoms. The maximum Gasteiger partial charge on any atom is 0.233 e. The Balaban J connectivity index is 1.19. The van der Waals surface area contributed by atoms with Gasteiger partial charge in [0.15, 0.2) is 5.96 Å². The highest BCUT2D eigenvalue weighted by Gasteiger charge is 2.58. The summed E-state index contributed by atoms with van der Waals surface area (Å²) in [5, 5.41) is 8.64. The lowest BCUT2D eigenvalue weighted by Crippen LogP contribution is -2.40. The van der Waals surface area contributed by atoms with Crippen LogP contribution in [-0.2, 0) is 16.0 Å². The number of carbonyl (C=O) groups is 2. The lowest BCUT2D eigenvalue weighted by atomic mass is 9.85. The number of amides is 2. The number of fused-ring (bicyclic) bond motifs is 5. The van der Waals surface area contributed by atoms with Crippen molar-refractivity contribution in [2.75, 3.05) is 26.7 Å². The fraction of sp³-hybridized carbons (Fsp3) is 0.550. The number of nitrogens with zero attached hydrogens (tertiary/aromatic N) is 2. The van der Waals surface area contributed by atoms with Gasteiger partial charge >= 0.3 is 0 Å². The molecule has 2 N–H and O–H groups in total. The van der Waals surface area contributed by atoms with Gasteiger partial charge in [-0.25, -0.2) is 0 Å². The summed E-state index contributed by atoms with van der Waals surface area (Å²) in [7, 11) is 1.75. The first-order chi connectivity index (χ1) is 13.2. The van der Waals surface area contributed by atoms with E-state index in [0.29, 0.717) is 13.1 Å². The van der Waals surface area contributed by atoms with Gasteiger partial charge in [-0.2, -0.15) is 0 Å². The average molecular weight is 387 g/mol. The van der Waals surface area contributed by atoms with Crippen molar-refractivity contribution in [3.63, 3.8) is 0 Å². The second-order valence-electron chi connectivity index (χ2n) is 7.44. The van der Waals surface area contributed by atoms with Crippen molar-refractivity contribution in [3.05, 3.63) is 34.5 Å². The first kappa shape index (κ1) is 18.2. The van der Waals surface area contributed by atoms with Crippen LogP contribution in [0, 0.1) is 23.7 Å². The van der Waals surface area contributed by atoms with Gasteiger partial charge in [-0.1, -0.05) is 18.2 Å². The second-order valence-corrected chi connectivity index (χ2v) is 8.47. The molecule has 6 nitrogen and oxygen atoms in total. The Labute approximate surface area is 163 Å². The molecule has 3 aliphatic rings. The summed E-state index contributed by atoms with van der Waals surface area (Å²) in [5.41, 5.74) is 0. The largest absolute Gasteiger partial charge is 0.356 e. The van der Waals surface area contributed by atoms with E-state index in [1.54, 1.807) is 18.4 Å². The summed E-state index contributed by atoms with van der Waals surface area (Å²) in [6, 6.07) is 4.19. The standard InChI is InChI=1S/C20H26N4O2S/c1-21-20(23-9-7-15-4-2-11-27-15)22-8-3-10-24-18(25)16-13-5-6-14(12-13)17(16)19(24)26/h2,4-6,11,13-14,16-17H,3,7-10,12H2,1H3,(H2,21,22,23). The fourth-order valence-corrected chi connectivity index (χ4v) is 5.32. The molecule has 0 aromatic carbocycles. The van der Waals surface area contributed by atoms with Gasteiger partial charge in [0.2, 0.25) is 11.8 Å². The van der Waals surface area contributed by atoms with Gasteiger partial charge in [0.05, 0.1) is 11.8 Å². The summed E-state index contributed by atoms with van der Waals surface area (Å²) in [5.74, 6) is 1.22. The minimum absolute atomic E-state index is 0.0419. The van der Waals surface area contributed by atoms with Crippen molar-refractivity contribution in [2.45, 2.75) is 19.3 Å². The molecule has 2 heterocycles. The monoisotopic (exact) mass is 386 g/mol. The van der Waals surface area contributed by atoms with Crippen LogP contribution in [0.1, 0.15) is 17.7 Å². The molecule has 27 heavy (non-hydrogen) atoms. The molecule has 4 atom stereocenters. The molecule has 2 fully saturated rings. The molecule has 1 aromatic heterocycles. The van der Waals surface area contributed by atoms with E-state index in [0.717, 1.165) is 31.8 Å². The van der Waals surface area contributed by atoms with Gasteiger partial charge in [0.1, 0.15) is 0 Å². The maximum absolute atomic E-state index is 12.6. The minimum atomic E-state index is -0.0906. The van der Waals surface area contributed by atoms with Crippen LogP contribution >= 0.6 is 11.3 Å². The van der Waals surface area contributed by atoms with E-state index in [-0.39, 0.29) is 35.5 Å². The van der Waals surface area contributed by atoms with E-state index in [1.165, 1.54) is 9.78 Å². The van der Waals surface area contributed by atoms with Crippen molar-refractivity contribution < 1.29 is 9.59 Å². The molecule has 2 aliphatic carbocycles. The number of guanidine groups is 1. The zero-order valence-electron chi connectivity index (χ0n) is 15.6. The summed E-state index contributed by atoms with van der Waals surface area (Å²) in [6.45, 7) is 1.99. The smallest absolute Gasteiger partial charge is 0.233 e. The molecular formula is C20H26N4O2S. The highest BCUT2D eigenvalue weighted by atomic mass is 32.1. The third-order valence-electron chi connectivity index (χ3n) is 5.88. The molecule has 0 radical (unpaired) electrons. The van der Waals surface area contributed by atoms with Crippen LogP contribution in [-0.4, -0.2) is 49.4 Å². The number of likely N-dealkylation sites (tertiary alicyclic amines) is 1. The number of hydrogen-bond acceptors (Lipinski definition) is 4. The van der Waals surface area contributed by atoms with Crippen molar-refractivity contribution >= 4 is 29.1 Å². The van der Waals surface area contributed by atoms with Gasteiger partial charge in [-0.05, 0) is 42.5 Å². The van der Waals surface area contributed by atoms with Gasteiger partial charge in [0, 0.05) is 31.6 Å². The van der Waals surface area contributed by atoms with Crippen molar-refractivity contribution in [2.24, 2.45) is 28.7 Å². The zero-order valence-corrected chi connectivity index (χ0v) is 16.4. The number of rotatable bonds is 7. The SMILES string of the molecule is CN=C(NCCCN1C(=O)C2C3C=CC(C3)C2C1=O)NCCc1cccs1. The van der Waals surface area contributed by atoms with E-state index >= 15 is 0 Å². The molecule has 1 aliphatic heterocycles. The highest BCUT2D eigenvalue weighted by Crippen LogP contribution is 2.52. The van der Waals surface area contributed by atoms with Crippen LogP contribution in [0.15, 0.2) is 34.7 Å². The van der Waals surface area contributed by atoms with Crippen molar-refractivity contribution in [3.8, 4) is 0 Å². The Morgan fingerprint density at radius 3 is 2.52 bits per heavy atom. The Hall–Kier alpha value is -2.15. The predicted molar refractivity (Wildman–Crippen MR) is 106 cm³/mol. The number of imide groups is 1. The zero-order chi connectivity index (χ0) is 18.8. The molecule has 144 valence electrons. The van der Waals surface area contributed by atoms with Gasteiger partial charge < -0.3 is 10.6 Å². The van der Waals surface area contributed by atoms with Crippen LogP contribution in [0.4, 0.5) is 0 Å². The third-order valence-corrected chi connectivity index (χ3v) is 6.82. The van der Waals surface area contributed by atoms with E-state index in [2.05, 4.69) is 45.3 Å². The van der Waals surface area contributed by atoms with E-state index < -0.39 is 0 Å². The van der Waals surface area contributed by atoms with E-state index in [9.17, 15) is 9.59 Å². The Morgan fingerprint density at radius 2 is 1.89 bits per heavy atom. The maximum atomic E-state index is 12.6. The molecule has 2 amide bonds. The molecule has 1 saturated carbocycles. The van der Waals surface area contributed by atoms with E-state index in [1.807, 2.05) is 0 Å². The van der Waals surface area contributed by atoms with Crippen LogP contribution in [0.5, 0.6) is 0 Å². The van der Waals surface area contributed by atoms with Crippen LogP contribution in [0.25, 0.3) is 0 Å². The first-order valence-corrected chi connectivity index (χ1v) is 10.6. The molecule has 2 bridgehead atoms. The van der Waals surface area contributed by atoms with Gasteiger partial charge in [-0.15, -0.1) is 11.3 Å². The summed E-state index contributed by atoms with van der Waals surface area (Å²) >= 11 is 1.76. The molecule has 1 aromatic rings. The van der Waals surface area contributed by atoms with Gasteiger partial charge in [-0.3, -0.25) is 19.5 Å². The molecule has 4 unspecified atom stereocenters. The molecular weight excluding hydrogens is 360 g/mol. The molecule has 4 rings (SSSR count). The lowest BCUT2D eigenvalue weighted by Gasteiger charge is -2.18. The number of aliphatic imine (C=N–C) groups is 1. The Kier molecular flexibility index (Phi) is 5.29. The van der Waals surface area contributed by atoms with E-state index in [4.69, 9.17) is 0 Å². The van der Waals surface area contributed by atoms with Crippen molar-refractivity contribution in [1.29, 1.82) is 0 Å². The van der Waals surface area contributed by atoms with Crippen LogP contribution in [0.2, 0.25) is 0 Å². The number of carbonyl (C=O) groups excluding carboxylic acids is 2. The highest BCUT2D eigenvalue weighted by molar-refractivity contribution is 7.09. The summed E-state index contributed by atoms with van der Waals surface area (Å²) in [4.78, 5) is 32.3. The predicted octanol–water partition coefficient (Wildman–Crippen LogP) is 1.65. The quantitative estimate of drug-likeness (QED) is 0.246. The van der Waals surface area contributed by atoms with Crippen LogP contribution < -0.4 is 10.6 Å². The topological polar surface area (TPSA) is 73.8 Å². The molecule has 7 heteroatoms. The number of allylic oxidation sites excluding steroid dienone is 2. The second kappa shape index (κ2) is 7.84. The third kappa shape index (κ3) is 3.52. The minimum Gasteiger partial charge on any atom is -0.356 e. The number of hydrogen-bond donors (Lipinski definition) is 2. The summed E-state index contributed by atoms with van der Waals surface area (Å²) < 4.78 is 0. The number of nitrogens with one attached hydrogen (secondary N) is 2. The first-order valence-electron chi connectivity index (χ1n) is 9.69. The van der Waals surface area contributed by atoms with Crippen molar-refractivity contribution in [1.82, 2.24) is 15.5 Å². The Morgan fingerprint density at radius 1 is 1.19 bits per heavy atom. The number of thiophene rings is 1. The summed E-state index contributed by atoms with van der Waals surface area (Å²) in [6.07, 6.45) is 6.94. The van der Waals surface area contributed by atoms with Crippen LogP contribution in [0.3, 0.4) is 0 Å². The molecule has 1 saturated heterocycles. The average Bonchev–Trinajstić information content (AvgIpc) is 3.44. The van der Waals surface area contributed by atoms with Gasteiger partial charge in [0.25, 0.3) is 0 Å².